The quantitative estimate of drug-likeness (QED) is 0.765. The molecular formula is C16H23N5O3S. The topological polar surface area (TPSA) is 70.4 Å². The van der Waals surface area contributed by atoms with Gasteiger partial charge in [0.15, 0.2) is 0 Å². The lowest BCUT2D eigenvalue weighted by molar-refractivity contribution is 0.0683. The van der Waals surface area contributed by atoms with E-state index in [1.807, 2.05) is 22.7 Å². The summed E-state index contributed by atoms with van der Waals surface area (Å²) in [6.45, 7) is 5.12. The zero-order valence-electron chi connectivity index (χ0n) is 14.1. The Kier molecular flexibility index (Phi) is 4.74. The SMILES string of the molecule is O=S(=O)(N1CCOCC1)N1CCN(Cc2cccc3ccnn23)CC1. The van der Waals surface area contributed by atoms with E-state index in [1.165, 1.54) is 4.31 Å². The smallest absolute Gasteiger partial charge is 0.282 e. The van der Waals surface area contributed by atoms with Crippen LogP contribution < -0.4 is 0 Å². The monoisotopic (exact) mass is 365 g/mol. The van der Waals surface area contributed by atoms with Crippen LogP contribution in [0.5, 0.6) is 0 Å². The highest BCUT2D eigenvalue weighted by molar-refractivity contribution is 7.86. The zero-order valence-corrected chi connectivity index (χ0v) is 14.9. The van der Waals surface area contributed by atoms with E-state index in [-0.39, 0.29) is 0 Å². The normalized spacial score (nSPS) is 21.8. The second-order valence-electron chi connectivity index (χ2n) is 6.38. The number of morpholine rings is 1. The highest BCUT2D eigenvalue weighted by Gasteiger charge is 2.33. The maximum Gasteiger partial charge on any atom is 0.282 e. The summed E-state index contributed by atoms with van der Waals surface area (Å²) in [7, 11) is -3.36. The lowest BCUT2D eigenvalue weighted by atomic mass is 10.3. The second kappa shape index (κ2) is 7.00. The predicted octanol–water partition coefficient (Wildman–Crippen LogP) is 0.0289. The maximum atomic E-state index is 12.7. The Balaban J connectivity index is 1.39. The van der Waals surface area contributed by atoms with Gasteiger partial charge in [-0.05, 0) is 18.2 Å². The molecule has 0 amide bonds. The molecule has 0 spiro atoms. The van der Waals surface area contributed by atoms with Crippen LogP contribution in [0.15, 0.2) is 30.5 Å². The Morgan fingerprint density at radius 1 is 0.960 bits per heavy atom. The molecule has 9 heteroatoms. The van der Waals surface area contributed by atoms with Crippen molar-refractivity contribution in [3.63, 3.8) is 0 Å². The summed E-state index contributed by atoms with van der Waals surface area (Å²) in [5.41, 5.74) is 2.19. The fraction of sp³-hybridized carbons (Fsp3) is 0.562. The molecule has 0 atom stereocenters. The van der Waals surface area contributed by atoms with Gasteiger partial charge in [-0.25, -0.2) is 4.52 Å². The van der Waals surface area contributed by atoms with E-state index in [0.29, 0.717) is 39.4 Å². The van der Waals surface area contributed by atoms with Crippen LogP contribution in [-0.2, 0) is 21.5 Å². The van der Waals surface area contributed by atoms with Gasteiger partial charge in [-0.1, -0.05) is 6.07 Å². The number of hydrogen-bond acceptors (Lipinski definition) is 5. The van der Waals surface area contributed by atoms with Crippen molar-refractivity contribution in [2.75, 3.05) is 52.5 Å². The van der Waals surface area contributed by atoms with Gasteiger partial charge in [-0.2, -0.15) is 22.1 Å². The number of fused-ring (bicyclic) bond motifs is 1. The maximum absolute atomic E-state index is 12.7. The first-order valence-corrected chi connectivity index (χ1v) is 10.0. The molecule has 2 aliphatic rings. The Bertz CT molecular complexity index is 823. The van der Waals surface area contributed by atoms with Crippen molar-refractivity contribution in [1.29, 1.82) is 0 Å². The third-order valence-electron chi connectivity index (χ3n) is 4.84. The van der Waals surface area contributed by atoms with Crippen LogP contribution in [0.25, 0.3) is 5.52 Å². The Labute approximate surface area is 147 Å². The van der Waals surface area contributed by atoms with Crippen LogP contribution in [0.1, 0.15) is 5.69 Å². The highest BCUT2D eigenvalue weighted by Crippen LogP contribution is 2.16. The number of rotatable bonds is 4. The number of pyridine rings is 1. The minimum absolute atomic E-state index is 0.448. The van der Waals surface area contributed by atoms with Gasteiger partial charge in [0.1, 0.15) is 0 Å². The van der Waals surface area contributed by atoms with Crippen LogP contribution in [0, 0.1) is 0 Å². The summed E-state index contributed by atoms with van der Waals surface area (Å²) in [5.74, 6) is 0. The molecule has 2 fully saturated rings. The minimum Gasteiger partial charge on any atom is -0.379 e. The molecule has 25 heavy (non-hydrogen) atoms. The summed E-state index contributed by atoms with van der Waals surface area (Å²) >= 11 is 0. The molecule has 0 N–H and O–H groups in total. The lowest BCUT2D eigenvalue weighted by Crippen LogP contribution is -2.54. The van der Waals surface area contributed by atoms with Crippen molar-refractivity contribution in [2.24, 2.45) is 0 Å². The third kappa shape index (κ3) is 3.42. The molecular weight excluding hydrogens is 342 g/mol. The highest BCUT2D eigenvalue weighted by atomic mass is 32.2. The van der Waals surface area contributed by atoms with Gasteiger partial charge in [0, 0.05) is 52.0 Å². The molecule has 0 saturated carbocycles. The van der Waals surface area contributed by atoms with Gasteiger partial charge < -0.3 is 4.74 Å². The average molecular weight is 365 g/mol. The van der Waals surface area contributed by atoms with Crippen LogP contribution in [-0.4, -0.2) is 84.0 Å². The van der Waals surface area contributed by atoms with Crippen molar-refractivity contribution < 1.29 is 13.2 Å². The minimum atomic E-state index is -3.36. The summed E-state index contributed by atoms with van der Waals surface area (Å²) in [4.78, 5) is 2.28. The molecule has 0 unspecified atom stereocenters. The first-order valence-electron chi connectivity index (χ1n) is 8.61. The van der Waals surface area contributed by atoms with Crippen LogP contribution in [0.4, 0.5) is 0 Å². The van der Waals surface area contributed by atoms with Gasteiger partial charge in [0.05, 0.1) is 24.4 Å². The Morgan fingerprint density at radius 3 is 2.44 bits per heavy atom. The molecule has 0 radical (unpaired) electrons. The fourth-order valence-corrected chi connectivity index (χ4v) is 4.98. The summed E-state index contributed by atoms with van der Waals surface area (Å²) < 4.78 is 35.8. The number of piperazine rings is 1. The molecule has 2 aromatic heterocycles. The first-order chi connectivity index (χ1) is 12.1. The van der Waals surface area contributed by atoms with Crippen molar-refractivity contribution in [1.82, 2.24) is 23.1 Å². The second-order valence-corrected chi connectivity index (χ2v) is 8.31. The third-order valence-corrected chi connectivity index (χ3v) is 6.87. The lowest BCUT2D eigenvalue weighted by Gasteiger charge is -2.37. The van der Waals surface area contributed by atoms with Crippen molar-refractivity contribution in [2.45, 2.75) is 6.54 Å². The first kappa shape index (κ1) is 16.9. The number of nitrogens with zero attached hydrogens (tertiary/aromatic N) is 5. The standard InChI is InChI=1S/C16H23N5O3S/c22-25(23,20-10-12-24-13-11-20)19-8-6-18(7-9-19)14-16-3-1-2-15-4-5-17-21(15)16/h1-5H,6-14H2. The molecule has 4 rings (SSSR count). The van der Waals surface area contributed by atoms with Crippen molar-refractivity contribution in [3.05, 3.63) is 36.2 Å². The number of aromatic nitrogens is 2. The molecule has 2 aliphatic heterocycles. The molecule has 0 bridgehead atoms. The van der Waals surface area contributed by atoms with Crippen molar-refractivity contribution in [3.8, 4) is 0 Å². The van der Waals surface area contributed by atoms with E-state index in [9.17, 15) is 8.42 Å². The van der Waals surface area contributed by atoms with E-state index < -0.39 is 10.2 Å². The molecule has 0 aliphatic carbocycles. The molecule has 4 heterocycles. The van der Waals surface area contributed by atoms with Gasteiger partial charge in [0.25, 0.3) is 10.2 Å². The Morgan fingerprint density at radius 2 is 1.68 bits per heavy atom. The van der Waals surface area contributed by atoms with E-state index >= 15 is 0 Å². The van der Waals surface area contributed by atoms with Gasteiger partial charge >= 0.3 is 0 Å². The van der Waals surface area contributed by atoms with Gasteiger partial charge in [0.2, 0.25) is 0 Å². The van der Waals surface area contributed by atoms with Crippen LogP contribution in [0.2, 0.25) is 0 Å². The molecule has 2 aromatic rings. The van der Waals surface area contributed by atoms with Crippen LogP contribution in [0.3, 0.4) is 0 Å². The summed E-state index contributed by atoms with van der Waals surface area (Å²) in [5, 5.41) is 4.36. The number of hydrogen-bond donors (Lipinski definition) is 0. The van der Waals surface area contributed by atoms with Gasteiger partial charge in [-0.3, -0.25) is 4.90 Å². The summed E-state index contributed by atoms with van der Waals surface area (Å²) in [6, 6.07) is 8.11. The fourth-order valence-electron chi connectivity index (χ4n) is 3.42. The van der Waals surface area contributed by atoms with E-state index in [2.05, 4.69) is 16.1 Å². The summed E-state index contributed by atoms with van der Waals surface area (Å²) in [6.07, 6.45) is 1.80. The molecule has 8 nitrogen and oxygen atoms in total. The Hall–Kier alpha value is -1.52. The molecule has 136 valence electrons. The van der Waals surface area contributed by atoms with Crippen molar-refractivity contribution >= 4 is 15.7 Å². The van der Waals surface area contributed by atoms with E-state index in [1.54, 1.807) is 10.5 Å². The largest absolute Gasteiger partial charge is 0.379 e. The molecule has 2 saturated heterocycles. The van der Waals surface area contributed by atoms with E-state index in [0.717, 1.165) is 30.8 Å². The zero-order chi connectivity index (χ0) is 17.3. The van der Waals surface area contributed by atoms with Gasteiger partial charge in [-0.15, -0.1) is 0 Å². The molecule has 0 aromatic carbocycles. The average Bonchev–Trinajstić information content (AvgIpc) is 3.13. The number of ether oxygens (including phenoxy) is 1. The van der Waals surface area contributed by atoms with Crippen LogP contribution >= 0.6 is 0 Å². The van der Waals surface area contributed by atoms with E-state index in [4.69, 9.17) is 4.74 Å². The predicted molar refractivity (Wildman–Crippen MR) is 93.4 cm³/mol.